The van der Waals surface area contributed by atoms with Crippen LogP contribution in [0.25, 0.3) is 0 Å². The molecule has 2 aromatic carbocycles. The third-order valence-corrected chi connectivity index (χ3v) is 3.87. The molecular weight excluding hydrogens is 260 g/mol. The smallest absolute Gasteiger partial charge is 0.237 e. The molecule has 21 heavy (non-hydrogen) atoms. The average Bonchev–Trinajstić information content (AvgIpc) is 2.82. The molecular formula is C18H18N2O. The Morgan fingerprint density at radius 3 is 2.86 bits per heavy atom. The zero-order valence-electron chi connectivity index (χ0n) is 12.3. The SMILES string of the molecule is CCc1cccc(N=CC2C(=O)Nc3cccc(C)c32)c1. The molecule has 1 atom stereocenters. The fourth-order valence-corrected chi connectivity index (χ4v) is 2.70. The van der Waals surface area contributed by atoms with E-state index in [-0.39, 0.29) is 11.8 Å². The highest BCUT2D eigenvalue weighted by atomic mass is 16.2. The minimum absolute atomic E-state index is 0.00491. The number of nitrogens with one attached hydrogen (secondary N) is 1. The summed E-state index contributed by atoms with van der Waals surface area (Å²) >= 11 is 0. The van der Waals surface area contributed by atoms with Crippen molar-refractivity contribution in [2.24, 2.45) is 4.99 Å². The molecule has 0 fully saturated rings. The minimum Gasteiger partial charge on any atom is -0.325 e. The zero-order valence-corrected chi connectivity index (χ0v) is 12.3. The lowest BCUT2D eigenvalue weighted by molar-refractivity contribution is -0.115. The summed E-state index contributed by atoms with van der Waals surface area (Å²) in [6, 6.07) is 14.0. The molecule has 1 amide bonds. The van der Waals surface area contributed by atoms with Gasteiger partial charge in [0.05, 0.1) is 5.69 Å². The Bertz CT molecular complexity index is 719. The maximum atomic E-state index is 12.1. The number of aryl methyl sites for hydroxylation is 2. The molecule has 1 N–H and O–H groups in total. The molecule has 0 aliphatic carbocycles. The van der Waals surface area contributed by atoms with Gasteiger partial charge in [-0.3, -0.25) is 9.79 Å². The third-order valence-electron chi connectivity index (χ3n) is 3.87. The van der Waals surface area contributed by atoms with Crippen LogP contribution in [0, 0.1) is 6.92 Å². The van der Waals surface area contributed by atoms with E-state index in [0.717, 1.165) is 28.9 Å². The lowest BCUT2D eigenvalue weighted by Gasteiger charge is -2.06. The van der Waals surface area contributed by atoms with Gasteiger partial charge in [-0.25, -0.2) is 0 Å². The summed E-state index contributed by atoms with van der Waals surface area (Å²) in [6.45, 7) is 4.14. The van der Waals surface area contributed by atoms with Crippen LogP contribution < -0.4 is 5.32 Å². The maximum absolute atomic E-state index is 12.1. The van der Waals surface area contributed by atoms with Crippen LogP contribution in [-0.2, 0) is 11.2 Å². The molecule has 106 valence electrons. The summed E-state index contributed by atoms with van der Waals surface area (Å²) in [5.74, 6) is -0.304. The highest BCUT2D eigenvalue weighted by molar-refractivity contribution is 6.13. The van der Waals surface area contributed by atoms with Crippen LogP contribution in [0.5, 0.6) is 0 Å². The second kappa shape index (κ2) is 5.52. The summed E-state index contributed by atoms with van der Waals surface area (Å²) < 4.78 is 0. The van der Waals surface area contributed by atoms with Gasteiger partial charge in [-0.2, -0.15) is 0 Å². The first-order chi connectivity index (χ1) is 10.2. The van der Waals surface area contributed by atoms with E-state index in [1.807, 2.05) is 37.3 Å². The number of hydrogen-bond donors (Lipinski definition) is 1. The van der Waals surface area contributed by atoms with Gasteiger partial charge >= 0.3 is 0 Å². The number of aliphatic imine (C=N–C) groups is 1. The summed E-state index contributed by atoms with van der Waals surface area (Å²) in [5.41, 5.74) is 5.20. The lowest BCUT2D eigenvalue weighted by atomic mass is 9.97. The Labute approximate surface area is 124 Å². The van der Waals surface area contributed by atoms with Crippen molar-refractivity contribution in [3.8, 4) is 0 Å². The molecule has 0 bridgehead atoms. The Balaban J connectivity index is 1.92. The van der Waals surface area contributed by atoms with Crippen molar-refractivity contribution < 1.29 is 4.79 Å². The Morgan fingerprint density at radius 2 is 2.05 bits per heavy atom. The molecule has 1 aliphatic rings. The summed E-state index contributed by atoms with van der Waals surface area (Å²) in [5, 5.41) is 2.92. The molecule has 1 unspecified atom stereocenters. The first kappa shape index (κ1) is 13.6. The van der Waals surface area contributed by atoms with Gasteiger partial charge in [0.25, 0.3) is 0 Å². The molecule has 0 aromatic heterocycles. The molecule has 3 heteroatoms. The van der Waals surface area contributed by atoms with Crippen molar-refractivity contribution in [3.63, 3.8) is 0 Å². The van der Waals surface area contributed by atoms with Crippen molar-refractivity contribution in [2.45, 2.75) is 26.2 Å². The van der Waals surface area contributed by atoms with Crippen molar-refractivity contribution in [1.82, 2.24) is 0 Å². The van der Waals surface area contributed by atoms with E-state index in [2.05, 4.69) is 29.4 Å². The van der Waals surface area contributed by atoms with Gasteiger partial charge < -0.3 is 5.32 Å². The van der Waals surface area contributed by atoms with E-state index in [4.69, 9.17) is 0 Å². The molecule has 2 aromatic rings. The fraction of sp³-hybridized carbons (Fsp3) is 0.222. The fourth-order valence-electron chi connectivity index (χ4n) is 2.70. The van der Waals surface area contributed by atoms with E-state index in [9.17, 15) is 4.79 Å². The van der Waals surface area contributed by atoms with Crippen LogP contribution in [0.1, 0.15) is 29.5 Å². The lowest BCUT2D eigenvalue weighted by Crippen LogP contribution is -2.13. The monoisotopic (exact) mass is 278 g/mol. The summed E-state index contributed by atoms with van der Waals surface area (Å²) in [7, 11) is 0. The van der Waals surface area contributed by atoms with Gasteiger partial charge in [0.2, 0.25) is 5.91 Å². The molecule has 3 nitrogen and oxygen atoms in total. The van der Waals surface area contributed by atoms with Crippen molar-refractivity contribution >= 4 is 23.5 Å². The standard InChI is InChI=1S/C18H18N2O/c1-3-13-7-5-8-14(10-13)19-11-15-17-12(2)6-4-9-16(17)20-18(15)21/h4-11,15H,3H2,1-2H3,(H,20,21). The van der Waals surface area contributed by atoms with Crippen molar-refractivity contribution in [3.05, 3.63) is 59.2 Å². The van der Waals surface area contributed by atoms with E-state index in [1.165, 1.54) is 5.56 Å². The number of carbonyl (C=O) groups excluding carboxylic acids is 1. The van der Waals surface area contributed by atoms with E-state index in [0.29, 0.717) is 0 Å². The predicted octanol–water partition coefficient (Wildman–Crippen LogP) is 4.00. The quantitative estimate of drug-likeness (QED) is 0.847. The second-order valence-corrected chi connectivity index (χ2v) is 5.30. The molecule has 0 spiro atoms. The first-order valence-electron chi connectivity index (χ1n) is 7.22. The molecule has 0 radical (unpaired) electrons. The zero-order chi connectivity index (χ0) is 14.8. The minimum atomic E-state index is -0.300. The van der Waals surface area contributed by atoms with Gasteiger partial charge in [0, 0.05) is 11.9 Å². The van der Waals surface area contributed by atoms with E-state index < -0.39 is 0 Å². The Morgan fingerprint density at radius 1 is 1.24 bits per heavy atom. The first-order valence-corrected chi connectivity index (χ1v) is 7.22. The molecule has 1 aliphatic heterocycles. The molecule has 0 saturated carbocycles. The van der Waals surface area contributed by atoms with Crippen LogP contribution in [-0.4, -0.2) is 12.1 Å². The topological polar surface area (TPSA) is 41.5 Å². The molecule has 0 saturated heterocycles. The number of fused-ring (bicyclic) bond motifs is 1. The van der Waals surface area contributed by atoms with Crippen molar-refractivity contribution in [1.29, 1.82) is 0 Å². The van der Waals surface area contributed by atoms with Gasteiger partial charge in [-0.1, -0.05) is 31.2 Å². The van der Waals surface area contributed by atoms with Crippen molar-refractivity contribution in [2.75, 3.05) is 5.32 Å². The van der Waals surface area contributed by atoms with Crippen LogP contribution in [0.2, 0.25) is 0 Å². The van der Waals surface area contributed by atoms with Crippen LogP contribution in [0.3, 0.4) is 0 Å². The number of amides is 1. The van der Waals surface area contributed by atoms with Gasteiger partial charge in [0.15, 0.2) is 0 Å². The normalized spacial score (nSPS) is 17.0. The average molecular weight is 278 g/mol. The largest absolute Gasteiger partial charge is 0.325 e. The number of carbonyl (C=O) groups is 1. The Kier molecular flexibility index (Phi) is 3.57. The van der Waals surface area contributed by atoms with E-state index >= 15 is 0 Å². The number of anilines is 1. The van der Waals surface area contributed by atoms with Crippen LogP contribution in [0.15, 0.2) is 47.5 Å². The van der Waals surface area contributed by atoms with E-state index in [1.54, 1.807) is 6.21 Å². The van der Waals surface area contributed by atoms with Gasteiger partial charge in [-0.05, 0) is 48.2 Å². The molecule has 1 heterocycles. The van der Waals surface area contributed by atoms with Crippen LogP contribution >= 0.6 is 0 Å². The highest BCUT2D eigenvalue weighted by Gasteiger charge is 2.30. The highest BCUT2D eigenvalue weighted by Crippen LogP contribution is 2.34. The summed E-state index contributed by atoms with van der Waals surface area (Å²) in [4.78, 5) is 16.6. The van der Waals surface area contributed by atoms with Crippen LogP contribution in [0.4, 0.5) is 11.4 Å². The van der Waals surface area contributed by atoms with Gasteiger partial charge in [0.1, 0.15) is 5.92 Å². The van der Waals surface area contributed by atoms with Gasteiger partial charge in [-0.15, -0.1) is 0 Å². The number of benzene rings is 2. The number of nitrogens with zero attached hydrogens (tertiary/aromatic N) is 1. The third kappa shape index (κ3) is 2.59. The number of rotatable bonds is 3. The predicted molar refractivity (Wildman–Crippen MR) is 86.5 cm³/mol. The molecule has 3 rings (SSSR count). The maximum Gasteiger partial charge on any atom is 0.237 e. The summed E-state index contributed by atoms with van der Waals surface area (Å²) in [6.07, 6.45) is 2.73. The second-order valence-electron chi connectivity index (χ2n) is 5.30. The number of hydrogen-bond acceptors (Lipinski definition) is 2. The Hall–Kier alpha value is -2.42.